The van der Waals surface area contributed by atoms with E-state index < -0.39 is 0 Å². The van der Waals surface area contributed by atoms with Crippen molar-refractivity contribution in [3.63, 3.8) is 0 Å². The molecule has 2 aromatic rings. The number of phenolic OH excluding ortho intramolecular Hbond substituents is 1. The molecule has 0 aliphatic carbocycles. The molecule has 2 rings (SSSR count). The molecule has 0 amide bonds. The Balaban J connectivity index is 2.02. The highest BCUT2D eigenvalue weighted by Gasteiger charge is 2.16. The molecule has 102 valence electrons. The van der Waals surface area contributed by atoms with Crippen LogP contribution in [0.5, 0.6) is 5.75 Å². The Morgan fingerprint density at radius 3 is 2.58 bits per heavy atom. The predicted molar refractivity (Wildman–Crippen MR) is 71.6 cm³/mol. The average molecular weight is 261 g/mol. The molecule has 1 aromatic heterocycles. The summed E-state index contributed by atoms with van der Waals surface area (Å²) >= 11 is 0. The van der Waals surface area contributed by atoms with E-state index in [1.165, 1.54) is 0 Å². The summed E-state index contributed by atoms with van der Waals surface area (Å²) in [6.45, 7) is 4.21. The Kier molecular flexibility index (Phi) is 4.16. The van der Waals surface area contributed by atoms with E-state index in [9.17, 15) is 5.11 Å². The van der Waals surface area contributed by atoms with Crippen LogP contribution in [-0.4, -0.2) is 15.2 Å². The first-order valence-electron chi connectivity index (χ1n) is 6.40. The standard InChI is InChI=1S/C14H19N3O2/c1-9(2)7-12(15)14-16-13(17-19-14)8-10-3-5-11(18)6-4-10/h3-6,9,12,18H,7-8,15H2,1-2H3/t12-/m1/s1. The summed E-state index contributed by atoms with van der Waals surface area (Å²) in [6, 6.07) is 6.74. The highest BCUT2D eigenvalue weighted by Crippen LogP contribution is 2.18. The van der Waals surface area contributed by atoms with Crippen molar-refractivity contribution in [2.45, 2.75) is 32.7 Å². The van der Waals surface area contributed by atoms with Gasteiger partial charge in [-0.3, -0.25) is 0 Å². The third-order valence-corrected chi connectivity index (χ3v) is 2.82. The molecule has 1 atom stereocenters. The Morgan fingerprint density at radius 2 is 1.95 bits per heavy atom. The molecule has 0 radical (unpaired) electrons. The highest BCUT2D eigenvalue weighted by atomic mass is 16.5. The molecule has 0 aliphatic rings. The van der Waals surface area contributed by atoms with E-state index in [2.05, 4.69) is 24.0 Å². The topological polar surface area (TPSA) is 85.2 Å². The molecule has 5 nitrogen and oxygen atoms in total. The minimum Gasteiger partial charge on any atom is -0.508 e. The minimum absolute atomic E-state index is 0.207. The summed E-state index contributed by atoms with van der Waals surface area (Å²) < 4.78 is 5.19. The largest absolute Gasteiger partial charge is 0.508 e. The van der Waals surface area contributed by atoms with E-state index in [-0.39, 0.29) is 11.8 Å². The summed E-state index contributed by atoms with van der Waals surface area (Å²) in [5.41, 5.74) is 7.01. The fourth-order valence-electron chi connectivity index (χ4n) is 1.89. The zero-order chi connectivity index (χ0) is 13.8. The molecule has 19 heavy (non-hydrogen) atoms. The maximum absolute atomic E-state index is 9.22. The molecule has 0 saturated heterocycles. The Hall–Kier alpha value is -1.88. The number of rotatable bonds is 5. The molecule has 1 aromatic carbocycles. The average Bonchev–Trinajstić information content (AvgIpc) is 2.80. The van der Waals surface area contributed by atoms with Crippen molar-refractivity contribution in [1.29, 1.82) is 0 Å². The fraction of sp³-hybridized carbons (Fsp3) is 0.429. The molecule has 0 unspecified atom stereocenters. The van der Waals surface area contributed by atoms with E-state index in [1.54, 1.807) is 12.1 Å². The van der Waals surface area contributed by atoms with Crippen molar-refractivity contribution in [2.24, 2.45) is 11.7 Å². The number of aromatic nitrogens is 2. The number of hydrogen-bond donors (Lipinski definition) is 2. The lowest BCUT2D eigenvalue weighted by atomic mass is 10.0. The first-order chi connectivity index (χ1) is 9.04. The van der Waals surface area contributed by atoms with Gasteiger partial charge in [0.25, 0.3) is 0 Å². The van der Waals surface area contributed by atoms with Crippen LogP contribution >= 0.6 is 0 Å². The minimum atomic E-state index is -0.207. The summed E-state index contributed by atoms with van der Waals surface area (Å²) in [4.78, 5) is 4.32. The SMILES string of the molecule is CC(C)C[C@@H](N)c1nc(Cc2ccc(O)cc2)no1. The van der Waals surface area contributed by atoms with Crippen LogP contribution in [0.25, 0.3) is 0 Å². The number of hydrogen-bond acceptors (Lipinski definition) is 5. The predicted octanol–water partition coefficient (Wildman–Crippen LogP) is 2.41. The van der Waals surface area contributed by atoms with Crippen LogP contribution in [0.4, 0.5) is 0 Å². The van der Waals surface area contributed by atoms with Gasteiger partial charge < -0.3 is 15.4 Å². The second-order valence-corrected chi connectivity index (χ2v) is 5.13. The molecular weight excluding hydrogens is 242 g/mol. The van der Waals surface area contributed by atoms with Crippen LogP contribution in [0.15, 0.2) is 28.8 Å². The number of benzene rings is 1. The van der Waals surface area contributed by atoms with Gasteiger partial charge in [0, 0.05) is 6.42 Å². The molecule has 0 bridgehead atoms. The Bertz CT molecular complexity index is 520. The van der Waals surface area contributed by atoms with Gasteiger partial charge in [-0.1, -0.05) is 31.1 Å². The van der Waals surface area contributed by atoms with Crippen LogP contribution in [0.2, 0.25) is 0 Å². The van der Waals surface area contributed by atoms with Gasteiger partial charge in [0.05, 0.1) is 6.04 Å². The van der Waals surface area contributed by atoms with Gasteiger partial charge in [0.2, 0.25) is 5.89 Å². The quantitative estimate of drug-likeness (QED) is 0.863. The Morgan fingerprint density at radius 1 is 1.26 bits per heavy atom. The van der Waals surface area contributed by atoms with E-state index >= 15 is 0 Å². The number of nitrogens with two attached hydrogens (primary N) is 1. The number of nitrogens with zero attached hydrogens (tertiary/aromatic N) is 2. The van der Waals surface area contributed by atoms with Gasteiger partial charge in [-0.25, -0.2) is 0 Å². The van der Waals surface area contributed by atoms with Crippen molar-refractivity contribution >= 4 is 0 Å². The second-order valence-electron chi connectivity index (χ2n) is 5.13. The number of aromatic hydroxyl groups is 1. The van der Waals surface area contributed by atoms with Crippen molar-refractivity contribution in [2.75, 3.05) is 0 Å². The molecule has 0 aliphatic heterocycles. The first-order valence-corrected chi connectivity index (χ1v) is 6.40. The van der Waals surface area contributed by atoms with Crippen molar-refractivity contribution in [3.8, 4) is 5.75 Å². The zero-order valence-electron chi connectivity index (χ0n) is 11.2. The smallest absolute Gasteiger partial charge is 0.243 e. The van der Waals surface area contributed by atoms with Crippen LogP contribution in [-0.2, 0) is 6.42 Å². The molecule has 0 spiro atoms. The van der Waals surface area contributed by atoms with Gasteiger partial charge in [-0.2, -0.15) is 4.98 Å². The zero-order valence-corrected chi connectivity index (χ0v) is 11.2. The van der Waals surface area contributed by atoms with Crippen molar-refractivity contribution < 1.29 is 9.63 Å². The van der Waals surface area contributed by atoms with Crippen molar-refractivity contribution in [1.82, 2.24) is 10.1 Å². The normalized spacial score (nSPS) is 12.8. The Labute approximate surface area is 112 Å². The third kappa shape index (κ3) is 3.79. The maximum Gasteiger partial charge on any atom is 0.243 e. The lowest BCUT2D eigenvalue weighted by Gasteiger charge is -2.08. The monoisotopic (exact) mass is 261 g/mol. The third-order valence-electron chi connectivity index (χ3n) is 2.82. The van der Waals surface area contributed by atoms with Crippen LogP contribution in [0.1, 0.15) is 43.6 Å². The van der Waals surface area contributed by atoms with Crippen LogP contribution < -0.4 is 5.73 Å². The molecule has 0 fully saturated rings. The first kappa shape index (κ1) is 13.5. The molecular formula is C14H19N3O2. The summed E-state index contributed by atoms with van der Waals surface area (Å²) in [5.74, 6) is 1.83. The van der Waals surface area contributed by atoms with Crippen molar-refractivity contribution in [3.05, 3.63) is 41.5 Å². The summed E-state index contributed by atoms with van der Waals surface area (Å²) in [7, 11) is 0. The lowest BCUT2D eigenvalue weighted by Crippen LogP contribution is -2.13. The van der Waals surface area contributed by atoms with E-state index in [1.807, 2.05) is 12.1 Å². The van der Waals surface area contributed by atoms with E-state index in [0.717, 1.165) is 12.0 Å². The maximum atomic E-state index is 9.22. The molecule has 1 heterocycles. The summed E-state index contributed by atoms with van der Waals surface area (Å²) in [5, 5.41) is 13.2. The lowest BCUT2D eigenvalue weighted by molar-refractivity contribution is 0.333. The fourth-order valence-corrected chi connectivity index (χ4v) is 1.89. The van der Waals surface area contributed by atoms with Gasteiger partial charge in [-0.15, -0.1) is 0 Å². The van der Waals surface area contributed by atoms with Gasteiger partial charge in [0.1, 0.15) is 5.75 Å². The van der Waals surface area contributed by atoms with Crippen LogP contribution in [0.3, 0.4) is 0 Å². The van der Waals surface area contributed by atoms with Gasteiger partial charge in [0.15, 0.2) is 5.82 Å². The number of phenols is 1. The highest BCUT2D eigenvalue weighted by molar-refractivity contribution is 5.27. The molecule has 5 heteroatoms. The van der Waals surface area contributed by atoms with E-state index in [4.69, 9.17) is 10.3 Å². The second kappa shape index (κ2) is 5.84. The van der Waals surface area contributed by atoms with E-state index in [0.29, 0.717) is 24.1 Å². The molecule has 3 N–H and O–H groups in total. The molecule has 0 saturated carbocycles. The van der Waals surface area contributed by atoms with Gasteiger partial charge in [-0.05, 0) is 30.0 Å². The summed E-state index contributed by atoms with van der Waals surface area (Å²) in [6.07, 6.45) is 1.39. The van der Waals surface area contributed by atoms with Gasteiger partial charge >= 0.3 is 0 Å². The van der Waals surface area contributed by atoms with Crippen LogP contribution in [0, 0.1) is 5.92 Å².